The Morgan fingerprint density at radius 3 is 2.74 bits per heavy atom. The number of likely N-dealkylation sites (tertiary alicyclic amines) is 1. The number of hydrogen-bond acceptors (Lipinski definition) is 3. The van der Waals surface area contributed by atoms with E-state index in [1.54, 1.807) is 23.8 Å². The maximum absolute atomic E-state index is 12.9. The quantitative estimate of drug-likeness (QED) is 0.851. The van der Waals surface area contributed by atoms with Crippen LogP contribution in [0.2, 0.25) is 0 Å². The van der Waals surface area contributed by atoms with E-state index in [-0.39, 0.29) is 17.2 Å². The Morgan fingerprint density at radius 2 is 2.17 bits per heavy atom. The van der Waals surface area contributed by atoms with Gasteiger partial charge in [0.1, 0.15) is 5.75 Å². The molecule has 5 heteroatoms. The van der Waals surface area contributed by atoms with Gasteiger partial charge in [0.2, 0.25) is 11.8 Å². The third kappa shape index (κ3) is 2.69. The van der Waals surface area contributed by atoms with Crippen LogP contribution >= 0.6 is 0 Å². The summed E-state index contributed by atoms with van der Waals surface area (Å²) in [6.45, 7) is 5.47. The van der Waals surface area contributed by atoms with Crippen molar-refractivity contribution < 1.29 is 14.3 Å². The van der Waals surface area contributed by atoms with Crippen molar-refractivity contribution in [2.75, 3.05) is 27.2 Å². The highest BCUT2D eigenvalue weighted by molar-refractivity contribution is 5.88. The summed E-state index contributed by atoms with van der Waals surface area (Å²) in [5.41, 5.74) is 1.84. The van der Waals surface area contributed by atoms with E-state index in [9.17, 15) is 9.59 Å². The smallest absolute Gasteiger partial charge is 0.230 e. The second-order valence-electron chi connectivity index (χ2n) is 6.92. The average molecular weight is 316 g/mol. The highest BCUT2D eigenvalue weighted by Crippen LogP contribution is 2.58. The zero-order chi connectivity index (χ0) is 16.8. The van der Waals surface area contributed by atoms with Gasteiger partial charge in [-0.3, -0.25) is 9.59 Å². The van der Waals surface area contributed by atoms with E-state index in [4.69, 9.17) is 4.74 Å². The Kier molecular flexibility index (Phi) is 3.82. The first-order valence-corrected chi connectivity index (χ1v) is 8.02. The zero-order valence-electron chi connectivity index (χ0n) is 14.3. The monoisotopic (exact) mass is 316 g/mol. The Bertz CT molecular complexity index is 658. The first-order valence-electron chi connectivity index (χ1n) is 8.02. The Hall–Kier alpha value is -2.04. The highest BCUT2D eigenvalue weighted by Gasteiger charge is 2.65. The molecule has 1 saturated heterocycles. The van der Waals surface area contributed by atoms with Crippen molar-refractivity contribution in [3.05, 3.63) is 29.3 Å². The van der Waals surface area contributed by atoms with Crippen LogP contribution in [0.3, 0.4) is 0 Å². The van der Waals surface area contributed by atoms with Crippen LogP contribution in [0.1, 0.15) is 24.5 Å². The lowest BCUT2D eigenvalue weighted by Crippen LogP contribution is -2.38. The van der Waals surface area contributed by atoms with E-state index in [2.05, 4.69) is 6.07 Å². The second kappa shape index (κ2) is 5.55. The molecular formula is C18H24N2O3. The first-order chi connectivity index (χ1) is 10.9. The van der Waals surface area contributed by atoms with Gasteiger partial charge < -0.3 is 14.5 Å². The molecule has 2 amide bonds. The summed E-state index contributed by atoms with van der Waals surface area (Å²) in [4.78, 5) is 28.0. The van der Waals surface area contributed by atoms with Crippen LogP contribution in [-0.2, 0) is 16.1 Å². The molecule has 1 saturated carbocycles. The minimum Gasteiger partial charge on any atom is -0.496 e. The number of nitrogens with zero attached hydrogens (tertiary/aromatic N) is 2. The van der Waals surface area contributed by atoms with Crippen molar-refractivity contribution in [3.63, 3.8) is 0 Å². The highest BCUT2D eigenvalue weighted by atomic mass is 16.5. The minimum atomic E-state index is -0.318. The fourth-order valence-corrected chi connectivity index (χ4v) is 3.82. The molecule has 2 atom stereocenters. The predicted octanol–water partition coefficient (Wildman–Crippen LogP) is 1.83. The van der Waals surface area contributed by atoms with Crippen molar-refractivity contribution in [2.45, 2.75) is 26.8 Å². The van der Waals surface area contributed by atoms with Crippen LogP contribution in [-0.4, -0.2) is 48.9 Å². The van der Waals surface area contributed by atoms with E-state index in [0.29, 0.717) is 19.0 Å². The molecule has 0 spiro atoms. The third-order valence-corrected chi connectivity index (χ3v) is 5.24. The van der Waals surface area contributed by atoms with Gasteiger partial charge in [-0.15, -0.1) is 0 Å². The number of methoxy groups -OCH3 is 1. The van der Waals surface area contributed by atoms with Gasteiger partial charge in [0, 0.05) is 33.6 Å². The molecule has 23 heavy (non-hydrogen) atoms. The van der Waals surface area contributed by atoms with Crippen LogP contribution in [0.25, 0.3) is 0 Å². The van der Waals surface area contributed by atoms with Gasteiger partial charge in [0.05, 0.1) is 12.5 Å². The summed E-state index contributed by atoms with van der Waals surface area (Å²) in [6, 6.07) is 5.99. The molecule has 1 heterocycles. The van der Waals surface area contributed by atoms with Gasteiger partial charge in [-0.1, -0.05) is 12.1 Å². The number of benzene rings is 1. The zero-order valence-corrected chi connectivity index (χ0v) is 14.3. The van der Waals surface area contributed by atoms with Gasteiger partial charge in [0.25, 0.3) is 0 Å². The molecule has 124 valence electrons. The Morgan fingerprint density at radius 1 is 1.43 bits per heavy atom. The summed E-state index contributed by atoms with van der Waals surface area (Å²) in [7, 11) is 3.51. The van der Waals surface area contributed by atoms with Crippen molar-refractivity contribution in [1.29, 1.82) is 0 Å². The second-order valence-corrected chi connectivity index (χ2v) is 6.92. The van der Waals surface area contributed by atoms with E-state index >= 15 is 0 Å². The number of ether oxygens (including phenoxy) is 1. The van der Waals surface area contributed by atoms with Crippen LogP contribution in [0.5, 0.6) is 5.75 Å². The molecule has 0 aromatic heterocycles. The van der Waals surface area contributed by atoms with Crippen LogP contribution in [0, 0.1) is 18.3 Å². The molecule has 0 radical (unpaired) electrons. The van der Waals surface area contributed by atoms with Crippen molar-refractivity contribution >= 4 is 11.8 Å². The van der Waals surface area contributed by atoms with Crippen molar-refractivity contribution in [2.24, 2.45) is 11.3 Å². The van der Waals surface area contributed by atoms with Gasteiger partial charge in [-0.25, -0.2) is 0 Å². The molecule has 1 aliphatic heterocycles. The molecule has 2 aliphatic rings. The van der Waals surface area contributed by atoms with Crippen LogP contribution < -0.4 is 4.74 Å². The van der Waals surface area contributed by atoms with Gasteiger partial charge in [-0.2, -0.15) is 0 Å². The number of piperidine rings is 1. The number of aryl methyl sites for hydroxylation is 1. The van der Waals surface area contributed by atoms with E-state index in [1.807, 2.05) is 26.1 Å². The van der Waals surface area contributed by atoms with Gasteiger partial charge in [-0.05, 0) is 36.5 Å². The molecule has 0 N–H and O–H groups in total. The number of carbonyl (C=O) groups excluding carboxylic acids is 2. The number of amides is 2. The van der Waals surface area contributed by atoms with Gasteiger partial charge in [0.15, 0.2) is 0 Å². The standard InChI is InChI=1S/C18H24N2O3/c1-12-7-14(5-6-16(12)23-4)9-19(3)17(22)18-8-15(18)10-20(11-18)13(2)21/h5-7,15H,8-11H2,1-4H3. The summed E-state index contributed by atoms with van der Waals surface area (Å²) < 4.78 is 5.27. The lowest BCUT2D eigenvalue weighted by Gasteiger charge is -2.24. The number of hydrogen-bond donors (Lipinski definition) is 0. The molecule has 1 aromatic rings. The SMILES string of the molecule is COc1ccc(CN(C)C(=O)C23CC2CN(C(C)=O)C3)cc1C. The predicted molar refractivity (Wildman–Crippen MR) is 87.0 cm³/mol. The molecule has 0 bridgehead atoms. The summed E-state index contributed by atoms with van der Waals surface area (Å²) in [6.07, 6.45) is 0.918. The molecule has 3 rings (SSSR count). The summed E-state index contributed by atoms with van der Waals surface area (Å²) in [5.74, 6) is 1.44. The van der Waals surface area contributed by atoms with Crippen LogP contribution in [0.4, 0.5) is 0 Å². The Balaban J connectivity index is 1.67. The lowest BCUT2D eigenvalue weighted by molar-refractivity contribution is -0.137. The molecule has 2 fully saturated rings. The van der Waals surface area contributed by atoms with E-state index in [0.717, 1.165) is 29.8 Å². The van der Waals surface area contributed by atoms with Crippen LogP contribution in [0.15, 0.2) is 18.2 Å². The lowest BCUT2D eigenvalue weighted by atomic mass is 10.0. The first kappa shape index (κ1) is 15.8. The topological polar surface area (TPSA) is 49.9 Å². The summed E-state index contributed by atoms with van der Waals surface area (Å²) >= 11 is 0. The molecule has 2 unspecified atom stereocenters. The Labute approximate surface area is 137 Å². The maximum Gasteiger partial charge on any atom is 0.230 e. The molecule has 5 nitrogen and oxygen atoms in total. The molecular weight excluding hydrogens is 292 g/mol. The van der Waals surface area contributed by atoms with Crippen molar-refractivity contribution in [3.8, 4) is 5.75 Å². The average Bonchev–Trinajstić information content (AvgIpc) is 3.08. The number of fused-ring (bicyclic) bond motifs is 1. The fourth-order valence-electron chi connectivity index (χ4n) is 3.82. The van der Waals surface area contributed by atoms with Crippen molar-refractivity contribution in [1.82, 2.24) is 9.80 Å². The van der Waals surface area contributed by atoms with E-state index in [1.165, 1.54) is 0 Å². The number of carbonyl (C=O) groups is 2. The molecule has 1 aromatic carbocycles. The minimum absolute atomic E-state index is 0.0674. The third-order valence-electron chi connectivity index (χ3n) is 5.24. The van der Waals surface area contributed by atoms with Gasteiger partial charge >= 0.3 is 0 Å². The maximum atomic E-state index is 12.9. The number of rotatable bonds is 4. The molecule has 1 aliphatic carbocycles. The summed E-state index contributed by atoms with van der Waals surface area (Å²) in [5, 5.41) is 0. The fraction of sp³-hybridized carbons (Fsp3) is 0.556. The largest absolute Gasteiger partial charge is 0.496 e. The van der Waals surface area contributed by atoms with E-state index < -0.39 is 0 Å². The normalized spacial score (nSPS) is 25.0.